The molecule has 0 aliphatic heterocycles. The minimum atomic E-state index is -1.15. The van der Waals surface area contributed by atoms with Crippen molar-refractivity contribution in [2.24, 2.45) is 0 Å². The zero-order valence-corrected chi connectivity index (χ0v) is 21.5. The van der Waals surface area contributed by atoms with Crippen LogP contribution in [0.2, 0.25) is 0 Å². The Balaban J connectivity index is 1.51. The van der Waals surface area contributed by atoms with E-state index in [0.717, 1.165) is 10.4 Å². The van der Waals surface area contributed by atoms with Crippen LogP contribution in [0.1, 0.15) is 59.5 Å². The summed E-state index contributed by atoms with van der Waals surface area (Å²) in [7, 11) is 0. The highest BCUT2D eigenvalue weighted by Gasteiger charge is 2.22. The van der Waals surface area contributed by atoms with E-state index in [0.29, 0.717) is 41.0 Å². The summed E-state index contributed by atoms with van der Waals surface area (Å²) < 4.78 is 5.14. The van der Waals surface area contributed by atoms with E-state index in [1.807, 2.05) is 6.07 Å². The van der Waals surface area contributed by atoms with Gasteiger partial charge in [0.05, 0.1) is 10.3 Å². The summed E-state index contributed by atoms with van der Waals surface area (Å²) in [5, 5.41) is 15.1. The summed E-state index contributed by atoms with van der Waals surface area (Å²) in [6.07, 6.45) is 2.88. The number of rotatable bonds is 10. The van der Waals surface area contributed by atoms with E-state index >= 15 is 0 Å². The molecule has 0 bridgehead atoms. The second kappa shape index (κ2) is 11.4. The highest BCUT2D eigenvalue weighted by atomic mass is 32.1. The van der Waals surface area contributed by atoms with Gasteiger partial charge in [0.25, 0.3) is 11.5 Å². The van der Waals surface area contributed by atoms with Crippen molar-refractivity contribution < 1.29 is 24.2 Å². The van der Waals surface area contributed by atoms with Crippen LogP contribution < -0.4 is 16.2 Å². The highest BCUT2D eigenvalue weighted by Crippen LogP contribution is 2.21. The number of aromatic nitrogens is 3. The number of aromatic amines is 2. The SMILES string of the molecule is Cc1nc2[nH]cc(CCc3ccc(C(=O)NC(CCCNC(=O)OC(C)(C)C)C(=O)O)s3)c2c(=O)[nH]1. The smallest absolute Gasteiger partial charge is 0.407 e. The van der Waals surface area contributed by atoms with Crippen molar-refractivity contribution in [3.63, 3.8) is 0 Å². The molecule has 0 radical (unpaired) electrons. The molecular weight excluding hydrogens is 486 g/mol. The Hall–Kier alpha value is -3.67. The molecule has 12 heteroatoms. The third-order valence-electron chi connectivity index (χ3n) is 5.21. The molecule has 3 heterocycles. The number of thiophene rings is 1. The van der Waals surface area contributed by atoms with Gasteiger partial charge in [-0.05, 0) is 71.1 Å². The molecular formula is C24H31N5O6S. The molecule has 36 heavy (non-hydrogen) atoms. The average Bonchev–Trinajstić information content (AvgIpc) is 3.40. The standard InChI is InChI=1S/C24H31N5O6S/c1-13-27-19-18(21(31)28-13)14(12-26-19)7-8-15-9-10-17(36-15)20(30)29-16(22(32)33)6-5-11-25-23(34)35-24(2,3)4/h9-10,12,16H,5-8,11H2,1-4H3,(H,25,34)(H,29,30)(H,32,33)(H2,26,27,28,31). The van der Waals surface area contributed by atoms with Crippen LogP contribution in [0.25, 0.3) is 11.0 Å². The summed E-state index contributed by atoms with van der Waals surface area (Å²) in [6.45, 7) is 7.19. The Kier molecular flexibility index (Phi) is 8.51. The summed E-state index contributed by atoms with van der Waals surface area (Å²) >= 11 is 1.28. The van der Waals surface area contributed by atoms with Crippen LogP contribution in [-0.4, -0.2) is 56.2 Å². The van der Waals surface area contributed by atoms with Crippen LogP contribution >= 0.6 is 11.3 Å². The van der Waals surface area contributed by atoms with E-state index < -0.39 is 29.6 Å². The molecule has 11 nitrogen and oxygen atoms in total. The number of carboxylic acid groups (broad SMARTS) is 1. The largest absolute Gasteiger partial charge is 0.480 e. The number of amides is 2. The average molecular weight is 518 g/mol. The predicted octanol–water partition coefficient (Wildman–Crippen LogP) is 2.89. The molecule has 3 rings (SSSR count). The third kappa shape index (κ3) is 7.41. The summed E-state index contributed by atoms with van der Waals surface area (Å²) in [4.78, 5) is 59.6. The van der Waals surface area contributed by atoms with Gasteiger partial charge in [-0.3, -0.25) is 9.59 Å². The molecule has 5 N–H and O–H groups in total. The number of hydrogen-bond donors (Lipinski definition) is 5. The van der Waals surface area contributed by atoms with E-state index in [4.69, 9.17) is 4.74 Å². The molecule has 3 aromatic rings. The number of nitrogens with zero attached hydrogens (tertiary/aromatic N) is 1. The van der Waals surface area contributed by atoms with Crippen LogP contribution in [0, 0.1) is 6.92 Å². The first-order valence-corrected chi connectivity index (χ1v) is 12.4. The summed E-state index contributed by atoms with van der Waals surface area (Å²) in [6, 6.07) is 2.39. The maximum atomic E-state index is 12.6. The normalized spacial score (nSPS) is 12.3. The van der Waals surface area contributed by atoms with E-state index in [1.54, 1.807) is 40.0 Å². The van der Waals surface area contributed by atoms with Crippen molar-refractivity contribution in [3.05, 3.63) is 49.8 Å². The van der Waals surface area contributed by atoms with Gasteiger partial charge in [-0.15, -0.1) is 11.3 Å². The second-order valence-electron chi connectivity index (χ2n) is 9.39. The lowest BCUT2D eigenvalue weighted by molar-refractivity contribution is -0.139. The molecule has 1 atom stereocenters. The molecule has 1 unspecified atom stereocenters. The number of alkyl carbamates (subject to hydrolysis) is 1. The van der Waals surface area contributed by atoms with E-state index in [9.17, 15) is 24.3 Å². The van der Waals surface area contributed by atoms with E-state index in [2.05, 4.69) is 25.6 Å². The molecule has 0 aliphatic carbocycles. The fourth-order valence-corrected chi connectivity index (χ4v) is 4.51. The number of nitrogens with one attached hydrogen (secondary N) is 4. The van der Waals surface area contributed by atoms with Crippen molar-refractivity contribution in [3.8, 4) is 0 Å². The van der Waals surface area contributed by atoms with Gasteiger partial charge in [-0.2, -0.15) is 0 Å². The Labute approximate surface area is 211 Å². The van der Waals surface area contributed by atoms with Crippen LogP contribution in [0.3, 0.4) is 0 Å². The summed E-state index contributed by atoms with van der Waals surface area (Å²) in [5.74, 6) is -1.08. The lowest BCUT2D eigenvalue weighted by Crippen LogP contribution is -2.41. The third-order valence-corrected chi connectivity index (χ3v) is 6.35. The van der Waals surface area contributed by atoms with E-state index in [1.165, 1.54) is 11.3 Å². The summed E-state index contributed by atoms with van der Waals surface area (Å²) in [5.41, 5.74) is 0.563. The lowest BCUT2D eigenvalue weighted by Gasteiger charge is -2.20. The Morgan fingerprint density at radius 1 is 1.22 bits per heavy atom. The van der Waals surface area contributed by atoms with Gasteiger partial charge >= 0.3 is 12.1 Å². The maximum Gasteiger partial charge on any atom is 0.407 e. The first-order chi connectivity index (χ1) is 16.9. The monoisotopic (exact) mass is 517 g/mol. The zero-order chi connectivity index (χ0) is 26.5. The van der Waals surface area contributed by atoms with Gasteiger partial charge in [0.2, 0.25) is 0 Å². The topological polar surface area (TPSA) is 166 Å². The van der Waals surface area contributed by atoms with Crippen molar-refractivity contribution in [2.75, 3.05) is 6.54 Å². The van der Waals surface area contributed by atoms with Gasteiger partial charge < -0.3 is 30.4 Å². The van der Waals surface area contributed by atoms with Gasteiger partial charge in [0, 0.05) is 17.6 Å². The number of aryl methyl sites for hydroxylation is 3. The van der Waals surface area contributed by atoms with Crippen molar-refractivity contribution in [1.29, 1.82) is 0 Å². The Morgan fingerprint density at radius 3 is 2.67 bits per heavy atom. The number of ether oxygens (including phenoxy) is 1. The highest BCUT2D eigenvalue weighted by molar-refractivity contribution is 7.14. The van der Waals surface area contributed by atoms with E-state index in [-0.39, 0.29) is 18.5 Å². The molecule has 0 fully saturated rings. The number of aliphatic carboxylic acids is 1. The first kappa shape index (κ1) is 26.9. The van der Waals surface area contributed by atoms with Crippen molar-refractivity contribution in [2.45, 2.75) is 65.0 Å². The molecule has 3 aromatic heterocycles. The van der Waals surface area contributed by atoms with Crippen LogP contribution in [0.4, 0.5) is 4.79 Å². The fraction of sp³-hybridized carbons (Fsp3) is 0.458. The van der Waals surface area contributed by atoms with Crippen LogP contribution in [-0.2, 0) is 22.4 Å². The Bertz CT molecular complexity index is 1300. The fourth-order valence-electron chi connectivity index (χ4n) is 3.60. The van der Waals surface area contributed by atoms with Gasteiger partial charge in [-0.25, -0.2) is 14.6 Å². The first-order valence-electron chi connectivity index (χ1n) is 11.6. The number of H-pyrrole nitrogens is 2. The number of hydrogen-bond acceptors (Lipinski definition) is 7. The molecule has 0 saturated carbocycles. The van der Waals surface area contributed by atoms with Crippen LogP contribution in [0.15, 0.2) is 23.1 Å². The minimum absolute atomic E-state index is 0.151. The van der Waals surface area contributed by atoms with Gasteiger partial charge in [-0.1, -0.05) is 0 Å². The lowest BCUT2D eigenvalue weighted by atomic mass is 10.1. The zero-order valence-electron chi connectivity index (χ0n) is 20.7. The molecule has 0 aromatic carbocycles. The molecule has 194 valence electrons. The molecule has 0 spiro atoms. The Morgan fingerprint density at radius 2 is 1.97 bits per heavy atom. The van der Waals surface area contributed by atoms with Gasteiger partial charge in [0.1, 0.15) is 23.1 Å². The number of carboxylic acids is 1. The maximum absolute atomic E-state index is 12.6. The minimum Gasteiger partial charge on any atom is -0.480 e. The van der Waals surface area contributed by atoms with Crippen molar-refractivity contribution in [1.82, 2.24) is 25.6 Å². The quantitative estimate of drug-likeness (QED) is 0.258. The van der Waals surface area contributed by atoms with Crippen molar-refractivity contribution >= 4 is 40.3 Å². The number of fused-ring (bicyclic) bond motifs is 1. The second-order valence-corrected chi connectivity index (χ2v) is 10.6. The molecule has 2 amide bonds. The predicted molar refractivity (Wildman–Crippen MR) is 136 cm³/mol. The molecule has 0 aliphatic rings. The van der Waals surface area contributed by atoms with Gasteiger partial charge in [0.15, 0.2) is 0 Å². The van der Waals surface area contributed by atoms with Crippen LogP contribution in [0.5, 0.6) is 0 Å². The number of carbonyl (C=O) groups is 3. The molecule has 0 saturated heterocycles. The number of carbonyl (C=O) groups excluding carboxylic acids is 2.